The van der Waals surface area contributed by atoms with E-state index < -0.39 is 0 Å². The summed E-state index contributed by atoms with van der Waals surface area (Å²) in [7, 11) is 2.01. The lowest BCUT2D eigenvalue weighted by atomic mass is 10.1. The van der Waals surface area contributed by atoms with Crippen molar-refractivity contribution in [1.82, 2.24) is 9.55 Å². The molecular weight excluding hydrogens is 224 g/mol. The Morgan fingerprint density at radius 3 is 2.44 bits per heavy atom. The van der Waals surface area contributed by atoms with E-state index in [-0.39, 0.29) is 6.61 Å². The van der Waals surface area contributed by atoms with E-state index in [4.69, 9.17) is 5.11 Å². The highest BCUT2D eigenvalue weighted by Crippen LogP contribution is 2.15. The van der Waals surface area contributed by atoms with Gasteiger partial charge in [0, 0.05) is 25.6 Å². The molecule has 3 nitrogen and oxygen atoms in total. The van der Waals surface area contributed by atoms with Crippen LogP contribution in [0.3, 0.4) is 0 Å². The van der Waals surface area contributed by atoms with Crippen molar-refractivity contribution in [1.29, 1.82) is 0 Å². The molecule has 0 fully saturated rings. The van der Waals surface area contributed by atoms with Crippen LogP contribution in [-0.4, -0.2) is 21.3 Å². The molecule has 0 unspecified atom stereocenters. The van der Waals surface area contributed by atoms with Crippen molar-refractivity contribution in [2.24, 2.45) is 7.05 Å². The van der Waals surface area contributed by atoms with Gasteiger partial charge in [0.25, 0.3) is 0 Å². The predicted octanol–water partition coefficient (Wildman–Crippen LogP) is 2.16. The third-order valence-corrected chi connectivity index (χ3v) is 3.40. The highest BCUT2D eigenvalue weighted by atomic mass is 16.3. The predicted molar refractivity (Wildman–Crippen MR) is 72.7 cm³/mol. The minimum atomic E-state index is 0.147. The first-order chi connectivity index (χ1) is 8.61. The van der Waals surface area contributed by atoms with E-state index in [0.717, 1.165) is 17.9 Å². The molecule has 1 heterocycles. The minimum absolute atomic E-state index is 0.147. The van der Waals surface area contributed by atoms with Crippen LogP contribution in [0.1, 0.15) is 28.3 Å². The van der Waals surface area contributed by atoms with Crippen molar-refractivity contribution in [2.45, 2.75) is 26.7 Å². The number of aliphatic hydroxyl groups is 1. The zero-order chi connectivity index (χ0) is 13.1. The Labute approximate surface area is 108 Å². The second kappa shape index (κ2) is 5.36. The molecule has 2 rings (SSSR count). The topological polar surface area (TPSA) is 38.1 Å². The van der Waals surface area contributed by atoms with Crippen LogP contribution in [0, 0.1) is 13.8 Å². The van der Waals surface area contributed by atoms with Gasteiger partial charge in [-0.1, -0.05) is 29.8 Å². The fraction of sp³-hybridized carbons (Fsp3) is 0.400. The quantitative estimate of drug-likeness (QED) is 0.895. The van der Waals surface area contributed by atoms with Gasteiger partial charge in [-0.05, 0) is 19.4 Å². The number of benzene rings is 1. The Balaban J connectivity index is 2.23. The molecule has 0 saturated heterocycles. The monoisotopic (exact) mass is 244 g/mol. The van der Waals surface area contributed by atoms with Crippen molar-refractivity contribution in [3.05, 3.63) is 52.6 Å². The van der Waals surface area contributed by atoms with Gasteiger partial charge in [0.1, 0.15) is 5.82 Å². The zero-order valence-corrected chi connectivity index (χ0v) is 11.3. The third-order valence-electron chi connectivity index (χ3n) is 3.40. The number of hydrogen-bond donors (Lipinski definition) is 1. The lowest BCUT2D eigenvalue weighted by Gasteiger charge is -2.02. The van der Waals surface area contributed by atoms with E-state index in [2.05, 4.69) is 47.7 Å². The lowest BCUT2D eigenvalue weighted by Crippen LogP contribution is -2.01. The fourth-order valence-electron chi connectivity index (χ4n) is 2.09. The van der Waals surface area contributed by atoms with Gasteiger partial charge in [0.15, 0.2) is 0 Å². The molecule has 0 amide bonds. The van der Waals surface area contributed by atoms with E-state index >= 15 is 0 Å². The summed E-state index contributed by atoms with van der Waals surface area (Å²) in [6, 6.07) is 8.55. The molecule has 1 aromatic heterocycles. The maximum absolute atomic E-state index is 9.01. The summed E-state index contributed by atoms with van der Waals surface area (Å²) in [6.07, 6.45) is 1.47. The number of nitrogens with zero attached hydrogens (tertiary/aromatic N) is 2. The molecule has 0 bridgehead atoms. The molecule has 1 aromatic carbocycles. The average molecular weight is 244 g/mol. The van der Waals surface area contributed by atoms with Gasteiger partial charge in [0.05, 0.1) is 12.3 Å². The number of aliphatic hydroxyl groups excluding tert-OH is 1. The lowest BCUT2D eigenvalue weighted by molar-refractivity contribution is 0.295. The van der Waals surface area contributed by atoms with Crippen molar-refractivity contribution in [2.75, 3.05) is 6.61 Å². The maximum atomic E-state index is 9.01. The molecule has 0 atom stereocenters. The number of aryl methyl sites for hydroxylation is 1. The van der Waals surface area contributed by atoms with Gasteiger partial charge in [-0.3, -0.25) is 0 Å². The molecule has 0 saturated carbocycles. The fourth-order valence-corrected chi connectivity index (χ4v) is 2.09. The molecular formula is C15H20N2O. The van der Waals surface area contributed by atoms with Crippen molar-refractivity contribution < 1.29 is 5.11 Å². The Morgan fingerprint density at radius 2 is 1.83 bits per heavy atom. The SMILES string of the molecule is Cc1ccc(Cc2nc(CCO)n(C)c2C)cc1. The second-order valence-electron chi connectivity index (χ2n) is 4.76. The van der Waals surface area contributed by atoms with Gasteiger partial charge < -0.3 is 9.67 Å². The van der Waals surface area contributed by atoms with Crippen molar-refractivity contribution in [3.63, 3.8) is 0 Å². The normalized spacial score (nSPS) is 10.9. The summed E-state index contributed by atoms with van der Waals surface area (Å²) in [5.41, 5.74) is 4.83. The van der Waals surface area contributed by atoms with E-state index in [1.807, 2.05) is 7.05 Å². The standard InChI is InChI=1S/C15H20N2O/c1-11-4-6-13(7-5-11)10-14-12(2)17(3)15(16-14)8-9-18/h4-7,18H,8-10H2,1-3H3. The van der Waals surface area contributed by atoms with Gasteiger partial charge >= 0.3 is 0 Å². The molecule has 0 aliphatic rings. The van der Waals surface area contributed by atoms with Crippen LogP contribution >= 0.6 is 0 Å². The first-order valence-electron chi connectivity index (χ1n) is 6.29. The average Bonchev–Trinajstić information content (AvgIpc) is 2.61. The van der Waals surface area contributed by atoms with E-state index in [1.165, 1.54) is 16.8 Å². The van der Waals surface area contributed by atoms with Gasteiger partial charge in [-0.2, -0.15) is 0 Å². The molecule has 3 heteroatoms. The molecule has 0 aliphatic heterocycles. The van der Waals surface area contributed by atoms with Crippen LogP contribution in [0.15, 0.2) is 24.3 Å². The molecule has 0 aliphatic carbocycles. The first-order valence-corrected chi connectivity index (χ1v) is 6.29. The molecule has 0 radical (unpaired) electrons. The largest absolute Gasteiger partial charge is 0.396 e. The Kier molecular flexibility index (Phi) is 3.82. The minimum Gasteiger partial charge on any atom is -0.396 e. The van der Waals surface area contributed by atoms with Crippen molar-refractivity contribution >= 4 is 0 Å². The van der Waals surface area contributed by atoms with Crippen LogP contribution in [0.25, 0.3) is 0 Å². The highest BCUT2D eigenvalue weighted by molar-refractivity contribution is 5.28. The van der Waals surface area contributed by atoms with E-state index in [9.17, 15) is 0 Å². The molecule has 0 spiro atoms. The van der Waals surface area contributed by atoms with E-state index in [0.29, 0.717) is 6.42 Å². The summed E-state index contributed by atoms with van der Waals surface area (Å²) in [5.74, 6) is 0.956. The molecule has 2 aromatic rings. The third kappa shape index (κ3) is 2.62. The summed E-state index contributed by atoms with van der Waals surface area (Å²) in [4.78, 5) is 4.62. The zero-order valence-electron chi connectivity index (χ0n) is 11.3. The van der Waals surface area contributed by atoms with Gasteiger partial charge in [-0.25, -0.2) is 4.98 Å². The number of hydrogen-bond acceptors (Lipinski definition) is 2. The number of aromatic nitrogens is 2. The van der Waals surface area contributed by atoms with Crippen molar-refractivity contribution in [3.8, 4) is 0 Å². The Morgan fingerprint density at radius 1 is 1.17 bits per heavy atom. The summed E-state index contributed by atoms with van der Waals surface area (Å²) in [5, 5.41) is 9.01. The number of rotatable bonds is 4. The smallest absolute Gasteiger partial charge is 0.111 e. The Bertz CT molecular complexity index is 526. The van der Waals surface area contributed by atoms with Gasteiger partial charge in [0.2, 0.25) is 0 Å². The van der Waals surface area contributed by atoms with Crippen LogP contribution in [-0.2, 0) is 19.9 Å². The van der Waals surface area contributed by atoms with Gasteiger partial charge in [-0.15, -0.1) is 0 Å². The van der Waals surface area contributed by atoms with Crippen LogP contribution in [0.2, 0.25) is 0 Å². The summed E-state index contributed by atoms with van der Waals surface area (Å²) >= 11 is 0. The summed E-state index contributed by atoms with van der Waals surface area (Å²) < 4.78 is 2.07. The number of imidazole rings is 1. The molecule has 18 heavy (non-hydrogen) atoms. The van der Waals surface area contributed by atoms with E-state index in [1.54, 1.807) is 0 Å². The summed E-state index contributed by atoms with van der Waals surface area (Å²) in [6.45, 7) is 4.32. The molecule has 1 N–H and O–H groups in total. The van der Waals surface area contributed by atoms with Crippen LogP contribution < -0.4 is 0 Å². The Hall–Kier alpha value is -1.61. The second-order valence-corrected chi connectivity index (χ2v) is 4.76. The highest BCUT2D eigenvalue weighted by Gasteiger charge is 2.10. The molecule has 96 valence electrons. The van der Waals surface area contributed by atoms with Crippen LogP contribution in [0.4, 0.5) is 0 Å². The first kappa shape index (κ1) is 12.8. The van der Waals surface area contributed by atoms with Crippen LogP contribution in [0.5, 0.6) is 0 Å². The maximum Gasteiger partial charge on any atom is 0.111 e.